The Balaban J connectivity index is 1.51. The lowest BCUT2D eigenvalue weighted by molar-refractivity contribution is -0.137. The van der Waals surface area contributed by atoms with Crippen LogP contribution in [0.1, 0.15) is 27.7 Å². The van der Waals surface area contributed by atoms with Gasteiger partial charge in [-0.3, -0.25) is 10.1 Å². The highest BCUT2D eigenvalue weighted by atomic mass is 19.2. The molecule has 2 aromatic carbocycles. The summed E-state index contributed by atoms with van der Waals surface area (Å²) in [5, 5.41) is 5.32. The highest BCUT2D eigenvalue weighted by Gasteiger charge is 2.31. The van der Waals surface area contributed by atoms with E-state index in [9.17, 15) is 31.5 Å². The largest absolute Gasteiger partial charge is 0.467 e. The van der Waals surface area contributed by atoms with Crippen molar-refractivity contribution < 1.29 is 45.1 Å². The van der Waals surface area contributed by atoms with Crippen molar-refractivity contribution in [1.82, 2.24) is 15.6 Å². The van der Waals surface area contributed by atoms with Gasteiger partial charge in [0, 0.05) is 6.54 Å². The molecule has 4 aromatic rings. The molecular weight excluding hydrogens is 517 g/mol. The van der Waals surface area contributed by atoms with E-state index in [1.165, 1.54) is 6.26 Å². The van der Waals surface area contributed by atoms with Gasteiger partial charge in [-0.15, -0.1) is 0 Å². The van der Waals surface area contributed by atoms with Gasteiger partial charge in [0.1, 0.15) is 18.1 Å². The normalized spacial score (nSPS) is 11.8. The molecule has 0 saturated carbocycles. The van der Waals surface area contributed by atoms with Crippen LogP contribution >= 0.6 is 0 Å². The maximum atomic E-state index is 14.1. The number of hydrogen-bond donors (Lipinski definition) is 2. The van der Waals surface area contributed by atoms with Gasteiger partial charge in [0.25, 0.3) is 5.91 Å². The van der Waals surface area contributed by atoms with Crippen LogP contribution in [0.4, 0.5) is 22.0 Å². The first-order valence-electron chi connectivity index (χ1n) is 11.0. The zero-order valence-electron chi connectivity index (χ0n) is 19.3. The molecule has 198 valence electrons. The van der Waals surface area contributed by atoms with E-state index in [2.05, 4.69) is 20.4 Å². The van der Waals surface area contributed by atoms with Crippen LogP contribution in [0.15, 0.2) is 63.8 Å². The van der Waals surface area contributed by atoms with E-state index in [-0.39, 0.29) is 24.7 Å². The molecule has 1 amide bonds. The molecule has 0 aliphatic rings. The number of nitrogens with zero attached hydrogens (tertiary/aromatic N) is 1. The van der Waals surface area contributed by atoms with Gasteiger partial charge in [0.15, 0.2) is 11.6 Å². The third kappa shape index (κ3) is 6.06. The Bertz CT molecular complexity index is 1400. The van der Waals surface area contributed by atoms with Crippen LogP contribution in [-0.4, -0.2) is 22.9 Å². The highest BCUT2D eigenvalue weighted by molar-refractivity contribution is 5.91. The molecule has 0 spiro atoms. The maximum Gasteiger partial charge on any atom is 0.329 e. The Morgan fingerprint density at radius 1 is 0.868 bits per heavy atom. The molecule has 0 bridgehead atoms. The van der Waals surface area contributed by atoms with Crippen molar-refractivity contribution in [2.24, 2.45) is 0 Å². The minimum Gasteiger partial charge on any atom is -0.467 e. The number of benzene rings is 2. The predicted molar refractivity (Wildman–Crippen MR) is 119 cm³/mol. The molecule has 13 heteroatoms. The summed E-state index contributed by atoms with van der Waals surface area (Å²) in [6.45, 7) is 0.123. The molecular formula is C25H18F5N3O5. The molecule has 2 heterocycles. The van der Waals surface area contributed by atoms with Gasteiger partial charge in [-0.25, -0.2) is 22.9 Å². The van der Waals surface area contributed by atoms with Crippen molar-refractivity contribution >= 4 is 11.9 Å². The number of oxazole rings is 1. The Labute approximate surface area is 211 Å². The monoisotopic (exact) mass is 535 g/mol. The molecule has 0 aliphatic heterocycles. The van der Waals surface area contributed by atoms with Crippen LogP contribution in [0, 0.1) is 29.1 Å². The molecule has 2 aromatic heterocycles. The minimum absolute atomic E-state index is 0.0505. The average molecular weight is 535 g/mol. The van der Waals surface area contributed by atoms with E-state index in [1.807, 2.05) is 0 Å². The summed E-state index contributed by atoms with van der Waals surface area (Å²) in [7, 11) is 0. The molecule has 38 heavy (non-hydrogen) atoms. The number of amides is 1. The summed E-state index contributed by atoms with van der Waals surface area (Å²) in [4.78, 5) is 29.1. The van der Waals surface area contributed by atoms with Crippen LogP contribution in [0.2, 0.25) is 0 Å². The van der Waals surface area contributed by atoms with Crippen molar-refractivity contribution in [3.05, 3.63) is 107 Å². The Hall–Kier alpha value is -4.52. The molecule has 8 nitrogen and oxygen atoms in total. The summed E-state index contributed by atoms with van der Waals surface area (Å²) in [5.41, 5.74) is 0.563. The zero-order valence-corrected chi connectivity index (χ0v) is 19.3. The van der Waals surface area contributed by atoms with E-state index in [1.54, 1.807) is 42.5 Å². The van der Waals surface area contributed by atoms with E-state index in [0.29, 0.717) is 11.3 Å². The van der Waals surface area contributed by atoms with Gasteiger partial charge < -0.3 is 18.9 Å². The second-order valence-electron chi connectivity index (χ2n) is 7.83. The van der Waals surface area contributed by atoms with Crippen molar-refractivity contribution in [2.45, 2.75) is 25.6 Å². The summed E-state index contributed by atoms with van der Waals surface area (Å²) in [5.74, 6) is -14.9. The second kappa shape index (κ2) is 11.7. The van der Waals surface area contributed by atoms with Crippen LogP contribution in [0.5, 0.6) is 5.75 Å². The molecule has 0 fully saturated rings. The van der Waals surface area contributed by atoms with Crippen LogP contribution < -0.4 is 15.4 Å². The quantitative estimate of drug-likeness (QED) is 0.103. The number of furan rings is 1. The van der Waals surface area contributed by atoms with Crippen molar-refractivity contribution in [3.8, 4) is 5.75 Å². The fraction of sp³-hybridized carbons (Fsp3) is 0.160. The predicted octanol–water partition coefficient (Wildman–Crippen LogP) is 4.20. The smallest absolute Gasteiger partial charge is 0.329 e. The number of esters is 1. The number of nitrogens with one attached hydrogen (secondary N) is 2. The fourth-order valence-electron chi connectivity index (χ4n) is 3.28. The number of carbonyl (C=O) groups is 2. The summed E-state index contributed by atoms with van der Waals surface area (Å²) < 4.78 is 83.6. The first-order chi connectivity index (χ1) is 18.2. The maximum absolute atomic E-state index is 14.1. The van der Waals surface area contributed by atoms with Gasteiger partial charge >= 0.3 is 5.97 Å². The second-order valence-corrected chi connectivity index (χ2v) is 7.83. The molecule has 1 atom stereocenters. The molecule has 0 aliphatic carbocycles. The highest BCUT2D eigenvalue weighted by Crippen LogP contribution is 2.29. The van der Waals surface area contributed by atoms with E-state index in [4.69, 9.17) is 8.83 Å². The number of halogens is 5. The lowest BCUT2D eigenvalue weighted by Crippen LogP contribution is -2.41. The van der Waals surface area contributed by atoms with Gasteiger partial charge in [-0.1, -0.05) is 30.3 Å². The van der Waals surface area contributed by atoms with E-state index >= 15 is 0 Å². The van der Waals surface area contributed by atoms with Gasteiger partial charge in [-0.05, 0) is 17.7 Å². The van der Waals surface area contributed by atoms with Crippen molar-refractivity contribution in [1.29, 1.82) is 0 Å². The SMILES string of the molecule is O=C(NCc1ccco1)c1coc(CC(NCc2ccccc2)C(=O)Oc2c(F)c(F)c(F)c(F)c2F)n1. The van der Waals surface area contributed by atoms with E-state index < -0.39 is 59.2 Å². The first kappa shape index (κ1) is 26.5. The van der Waals surface area contributed by atoms with Crippen molar-refractivity contribution in [3.63, 3.8) is 0 Å². The third-order valence-electron chi connectivity index (χ3n) is 5.22. The molecule has 1 unspecified atom stereocenters. The zero-order chi connectivity index (χ0) is 27.2. The minimum atomic E-state index is -2.39. The number of rotatable bonds is 10. The molecule has 0 saturated heterocycles. The Morgan fingerprint density at radius 3 is 2.21 bits per heavy atom. The average Bonchev–Trinajstić information content (AvgIpc) is 3.63. The number of carbonyl (C=O) groups excluding carboxylic acids is 2. The van der Waals surface area contributed by atoms with Gasteiger partial charge in [0.05, 0.1) is 19.2 Å². The van der Waals surface area contributed by atoms with E-state index in [0.717, 1.165) is 6.26 Å². The standard InChI is InChI=1S/C25H18F5N3O5/c26-18-19(27)21(29)23(22(30)20(18)28)38-25(35)15(31-10-13-5-2-1-3-6-13)9-17-33-16(12-37-17)24(34)32-11-14-7-4-8-36-14/h1-8,12,15,31H,9-11H2,(H,32,34). The topological polar surface area (TPSA) is 107 Å². The van der Waals surface area contributed by atoms with Crippen LogP contribution in [0.3, 0.4) is 0 Å². The molecule has 0 radical (unpaired) electrons. The number of aromatic nitrogens is 1. The third-order valence-corrected chi connectivity index (χ3v) is 5.22. The Morgan fingerprint density at radius 2 is 1.55 bits per heavy atom. The molecule has 4 rings (SSSR count). The van der Waals surface area contributed by atoms with Crippen molar-refractivity contribution in [2.75, 3.05) is 0 Å². The van der Waals surface area contributed by atoms with Crippen LogP contribution in [0.25, 0.3) is 0 Å². The summed E-state index contributed by atoms with van der Waals surface area (Å²) in [6, 6.07) is 10.5. The first-order valence-corrected chi connectivity index (χ1v) is 11.0. The lowest BCUT2D eigenvalue weighted by atomic mass is 10.1. The summed E-state index contributed by atoms with van der Waals surface area (Å²) >= 11 is 0. The van der Waals surface area contributed by atoms with Crippen LogP contribution in [-0.2, 0) is 24.3 Å². The number of hydrogen-bond acceptors (Lipinski definition) is 7. The lowest BCUT2D eigenvalue weighted by Gasteiger charge is -2.17. The van der Waals surface area contributed by atoms with Gasteiger partial charge in [0.2, 0.25) is 34.8 Å². The summed E-state index contributed by atoms with van der Waals surface area (Å²) in [6.07, 6.45) is 2.06. The number of ether oxygens (including phenoxy) is 1. The van der Waals surface area contributed by atoms with Gasteiger partial charge in [-0.2, -0.15) is 8.78 Å². The molecule has 2 N–H and O–H groups in total. The Kier molecular flexibility index (Phi) is 8.16. The fourth-order valence-corrected chi connectivity index (χ4v) is 3.28.